The lowest BCUT2D eigenvalue weighted by atomic mass is 9.98. The van der Waals surface area contributed by atoms with Gasteiger partial charge in [0.05, 0.1) is 12.6 Å². The van der Waals surface area contributed by atoms with Crippen molar-refractivity contribution in [2.45, 2.75) is 31.5 Å². The Labute approximate surface area is 195 Å². The Morgan fingerprint density at radius 3 is 2.21 bits per heavy atom. The van der Waals surface area contributed by atoms with Crippen molar-refractivity contribution >= 4 is 18.0 Å². The number of hydrogen-bond donors (Lipinski definition) is 4. The van der Waals surface area contributed by atoms with E-state index in [1.54, 1.807) is 0 Å². The topological polar surface area (TPSA) is 138 Å². The van der Waals surface area contributed by atoms with Crippen LogP contribution in [0.4, 0.5) is 4.79 Å². The van der Waals surface area contributed by atoms with E-state index >= 15 is 0 Å². The van der Waals surface area contributed by atoms with Crippen LogP contribution in [-0.4, -0.2) is 46.9 Å². The van der Waals surface area contributed by atoms with Gasteiger partial charge in [-0.25, -0.2) is 9.59 Å². The molecule has 2 aromatic carbocycles. The highest BCUT2D eigenvalue weighted by Gasteiger charge is 2.29. The molecule has 2 unspecified atom stereocenters. The van der Waals surface area contributed by atoms with E-state index in [0.717, 1.165) is 22.3 Å². The smallest absolute Gasteiger partial charge is 0.407 e. The number of amides is 2. The van der Waals surface area contributed by atoms with Crippen LogP contribution in [0.25, 0.3) is 11.1 Å². The number of alkyl carbamates (subject to hydrolysis) is 1. The summed E-state index contributed by atoms with van der Waals surface area (Å²) < 4.78 is 10.8. The van der Waals surface area contributed by atoms with Gasteiger partial charge in [-0.2, -0.15) is 0 Å². The van der Waals surface area contributed by atoms with Crippen molar-refractivity contribution in [2.24, 2.45) is 0 Å². The highest BCUT2D eigenvalue weighted by Crippen LogP contribution is 2.44. The van der Waals surface area contributed by atoms with E-state index in [4.69, 9.17) is 14.3 Å². The number of ether oxygens (including phenoxy) is 1. The number of nitrogens with one attached hydrogen (secondary N) is 2. The van der Waals surface area contributed by atoms with Gasteiger partial charge >= 0.3 is 12.1 Å². The number of rotatable bonds is 8. The first kappa shape index (κ1) is 23.1. The van der Waals surface area contributed by atoms with Gasteiger partial charge in [0, 0.05) is 5.92 Å². The molecule has 4 rings (SSSR count). The standard InChI is InChI=1S/C25H24N2O7/c1-14(28)22(24(30)31)27-23(29)21-11-10-15(34-21)12-26-25(32)33-13-20-18-8-4-2-6-16(18)17-7-3-5-9-19(17)20/h2-11,14,20,22,28H,12-13H2,1H3,(H,26,32)(H,27,29)(H,30,31). The minimum absolute atomic E-state index is 0.0251. The molecule has 1 heterocycles. The average molecular weight is 464 g/mol. The zero-order chi connectivity index (χ0) is 24.2. The summed E-state index contributed by atoms with van der Waals surface area (Å²) in [6.07, 6.45) is -1.92. The zero-order valence-electron chi connectivity index (χ0n) is 18.4. The minimum atomic E-state index is -1.47. The Morgan fingerprint density at radius 2 is 1.62 bits per heavy atom. The molecule has 3 aromatic rings. The number of hydrogen-bond acceptors (Lipinski definition) is 6. The number of aliphatic hydroxyl groups excluding tert-OH is 1. The van der Waals surface area contributed by atoms with Gasteiger partial charge in [0.1, 0.15) is 12.4 Å². The van der Waals surface area contributed by atoms with Gasteiger partial charge in [-0.3, -0.25) is 4.79 Å². The van der Waals surface area contributed by atoms with Crippen LogP contribution in [-0.2, 0) is 16.1 Å². The quantitative estimate of drug-likeness (QED) is 0.402. The molecule has 34 heavy (non-hydrogen) atoms. The van der Waals surface area contributed by atoms with Crippen molar-refractivity contribution in [1.29, 1.82) is 0 Å². The molecular weight excluding hydrogens is 440 g/mol. The molecule has 0 bridgehead atoms. The number of aliphatic carboxylic acids is 1. The van der Waals surface area contributed by atoms with Crippen LogP contribution in [0.1, 0.15) is 40.3 Å². The van der Waals surface area contributed by atoms with Crippen LogP contribution >= 0.6 is 0 Å². The number of carboxylic acids is 1. The predicted molar refractivity (Wildman–Crippen MR) is 121 cm³/mol. The first-order chi connectivity index (χ1) is 16.3. The Bertz CT molecular complexity index is 1170. The molecule has 0 spiro atoms. The highest BCUT2D eigenvalue weighted by atomic mass is 16.5. The first-order valence-electron chi connectivity index (χ1n) is 10.7. The van der Waals surface area contributed by atoms with Crippen LogP contribution in [0.2, 0.25) is 0 Å². The lowest BCUT2D eigenvalue weighted by Crippen LogP contribution is -2.47. The van der Waals surface area contributed by atoms with E-state index in [-0.39, 0.29) is 30.6 Å². The number of furan rings is 1. The van der Waals surface area contributed by atoms with Gasteiger partial charge in [0.15, 0.2) is 11.8 Å². The summed E-state index contributed by atoms with van der Waals surface area (Å²) in [5, 5.41) is 23.3. The van der Waals surface area contributed by atoms with Crippen molar-refractivity contribution in [1.82, 2.24) is 10.6 Å². The number of carbonyl (C=O) groups excluding carboxylic acids is 2. The summed E-state index contributed by atoms with van der Waals surface area (Å²) in [6.45, 7) is 1.40. The molecule has 0 aliphatic heterocycles. The molecule has 1 aromatic heterocycles. The van der Waals surface area contributed by atoms with Crippen LogP contribution in [0.3, 0.4) is 0 Å². The van der Waals surface area contributed by atoms with E-state index in [2.05, 4.69) is 22.8 Å². The van der Waals surface area contributed by atoms with Gasteiger partial charge in [-0.15, -0.1) is 0 Å². The Morgan fingerprint density at radius 1 is 1.00 bits per heavy atom. The normalized spacial score (nSPS) is 13.9. The Balaban J connectivity index is 1.31. The second kappa shape index (κ2) is 9.80. The molecule has 176 valence electrons. The van der Waals surface area contributed by atoms with Gasteiger partial charge in [0.25, 0.3) is 5.91 Å². The summed E-state index contributed by atoms with van der Waals surface area (Å²) in [5.74, 6) is -2.08. The maximum Gasteiger partial charge on any atom is 0.407 e. The van der Waals surface area contributed by atoms with E-state index in [1.807, 2.05) is 36.4 Å². The highest BCUT2D eigenvalue weighted by molar-refractivity contribution is 5.94. The van der Waals surface area contributed by atoms with E-state index in [0.29, 0.717) is 0 Å². The van der Waals surface area contributed by atoms with Crippen LogP contribution in [0, 0.1) is 0 Å². The third kappa shape index (κ3) is 4.79. The van der Waals surface area contributed by atoms with Crippen molar-refractivity contribution in [3.05, 3.63) is 83.3 Å². The summed E-state index contributed by atoms with van der Waals surface area (Å²) in [5.41, 5.74) is 4.48. The van der Waals surface area contributed by atoms with E-state index in [1.165, 1.54) is 19.1 Å². The Hall–Kier alpha value is -4.11. The predicted octanol–water partition coefficient (Wildman–Crippen LogP) is 2.88. The largest absolute Gasteiger partial charge is 0.480 e. The molecule has 0 saturated heterocycles. The van der Waals surface area contributed by atoms with Crippen molar-refractivity contribution in [3.8, 4) is 11.1 Å². The molecule has 1 aliphatic rings. The summed E-state index contributed by atoms with van der Waals surface area (Å²) in [7, 11) is 0. The summed E-state index contributed by atoms with van der Waals surface area (Å²) in [4.78, 5) is 35.6. The van der Waals surface area contributed by atoms with Gasteiger partial charge in [-0.05, 0) is 41.3 Å². The molecule has 2 atom stereocenters. The lowest BCUT2D eigenvalue weighted by molar-refractivity contribution is -0.141. The van der Waals surface area contributed by atoms with Crippen LogP contribution in [0.15, 0.2) is 65.1 Å². The third-order valence-corrected chi connectivity index (χ3v) is 5.67. The lowest BCUT2D eigenvalue weighted by Gasteiger charge is -2.16. The molecule has 1 aliphatic carbocycles. The van der Waals surface area contributed by atoms with Gasteiger partial charge in [-0.1, -0.05) is 48.5 Å². The maximum absolute atomic E-state index is 12.3. The molecule has 4 N–H and O–H groups in total. The van der Waals surface area contributed by atoms with E-state index in [9.17, 15) is 19.5 Å². The molecule has 0 radical (unpaired) electrons. The van der Waals surface area contributed by atoms with Crippen LogP contribution in [0.5, 0.6) is 0 Å². The molecule has 2 amide bonds. The second-order valence-electron chi connectivity index (χ2n) is 7.98. The van der Waals surface area contributed by atoms with Gasteiger partial charge < -0.3 is 30.0 Å². The van der Waals surface area contributed by atoms with E-state index < -0.39 is 30.1 Å². The van der Waals surface area contributed by atoms with Crippen molar-refractivity contribution in [2.75, 3.05) is 6.61 Å². The van der Waals surface area contributed by atoms with Gasteiger partial charge in [0.2, 0.25) is 0 Å². The zero-order valence-corrected chi connectivity index (χ0v) is 18.4. The maximum atomic E-state index is 12.3. The monoisotopic (exact) mass is 464 g/mol. The summed E-state index contributed by atoms with van der Waals surface area (Å²) in [6, 6.07) is 17.4. The minimum Gasteiger partial charge on any atom is -0.480 e. The molecular formula is C25H24N2O7. The Kier molecular flexibility index (Phi) is 6.65. The second-order valence-corrected chi connectivity index (χ2v) is 7.98. The number of carbonyl (C=O) groups is 3. The van der Waals surface area contributed by atoms with Crippen LogP contribution < -0.4 is 10.6 Å². The average Bonchev–Trinajstić information content (AvgIpc) is 3.42. The molecule has 9 nitrogen and oxygen atoms in total. The molecule has 0 saturated carbocycles. The number of carboxylic acid groups (broad SMARTS) is 1. The number of fused-ring (bicyclic) bond motifs is 3. The fourth-order valence-electron chi connectivity index (χ4n) is 4.00. The van der Waals surface area contributed by atoms with Crippen molar-refractivity contribution in [3.63, 3.8) is 0 Å². The third-order valence-electron chi connectivity index (χ3n) is 5.67. The fourth-order valence-corrected chi connectivity index (χ4v) is 4.00. The van der Waals surface area contributed by atoms with Crippen molar-refractivity contribution < 1.29 is 33.8 Å². The number of benzene rings is 2. The molecule has 0 fully saturated rings. The molecule has 9 heteroatoms. The SMILES string of the molecule is CC(O)C(NC(=O)c1ccc(CNC(=O)OCC2c3ccccc3-c3ccccc32)o1)C(=O)O. The first-order valence-corrected chi connectivity index (χ1v) is 10.7. The number of aliphatic hydroxyl groups is 1. The summed E-state index contributed by atoms with van der Waals surface area (Å²) >= 11 is 0. The fraction of sp³-hybridized carbons (Fsp3) is 0.240.